The number of ether oxygens (including phenoxy) is 3. The van der Waals surface area contributed by atoms with E-state index < -0.39 is 6.10 Å². The van der Waals surface area contributed by atoms with E-state index in [2.05, 4.69) is 93.7 Å². The van der Waals surface area contributed by atoms with Gasteiger partial charge in [-0.25, -0.2) is 0 Å². The van der Waals surface area contributed by atoms with Gasteiger partial charge in [-0.1, -0.05) is 222 Å². The van der Waals surface area contributed by atoms with Gasteiger partial charge in [-0.15, -0.1) is 0 Å². The molecule has 0 aromatic carbocycles. The number of rotatable bonds is 51. The summed E-state index contributed by atoms with van der Waals surface area (Å²) >= 11 is 0. The Morgan fingerprint density at radius 2 is 0.552 bits per heavy atom. The molecule has 1 unspecified atom stereocenters. The zero-order valence-electron chi connectivity index (χ0n) is 44.2. The summed E-state index contributed by atoms with van der Waals surface area (Å²) in [6.07, 6.45) is 70.3. The highest BCUT2D eigenvalue weighted by molar-refractivity contribution is 5.71. The van der Waals surface area contributed by atoms with Crippen molar-refractivity contribution in [3.63, 3.8) is 0 Å². The molecule has 0 aliphatic carbocycles. The van der Waals surface area contributed by atoms with Gasteiger partial charge < -0.3 is 14.2 Å². The number of esters is 3. The standard InChI is InChI=1S/C61H106O6/c1-4-7-10-13-16-19-22-25-27-28-29-30-31-32-33-34-35-37-39-42-45-48-51-54-60(63)66-57-58(56-65-59(62)53-50-47-44-41-38-24-21-18-15-12-9-6-3)67-61(64)55-52-49-46-43-40-36-26-23-20-17-14-11-8-5-2/h14,17-18,21-23,25-26,28-29,31-32,58H,4-13,15-16,19-20,24,27,30,33-57H2,1-3H3/b17-14-,21-18-,25-22-,26-23-,29-28-,32-31-. The van der Waals surface area contributed by atoms with Crippen LogP contribution in [0, 0.1) is 0 Å². The Hall–Kier alpha value is -3.15. The summed E-state index contributed by atoms with van der Waals surface area (Å²) in [5.74, 6) is -0.913. The average Bonchev–Trinajstić information content (AvgIpc) is 3.33. The lowest BCUT2D eigenvalue weighted by molar-refractivity contribution is -0.167. The molecule has 0 aliphatic heterocycles. The van der Waals surface area contributed by atoms with E-state index >= 15 is 0 Å². The van der Waals surface area contributed by atoms with Crippen LogP contribution < -0.4 is 0 Å². The fourth-order valence-electron chi connectivity index (χ4n) is 7.81. The van der Waals surface area contributed by atoms with Crippen molar-refractivity contribution >= 4 is 17.9 Å². The van der Waals surface area contributed by atoms with Gasteiger partial charge in [-0.2, -0.15) is 0 Å². The molecule has 6 heteroatoms. The van der Waals surface area contributed by atoms with Gasteiger partial charge in [0.25, 0.3) is 0 Å². The van der Waals surface area contributed by atoms with Crippen molar-refractivity contribution in [2.45, 2.75) is 284 Å². The number of hydrogen-bond acceptors (Lipinski definition) is 6. The van der Waals surface area contributed by atoms with Gasteiger partial charge in [0.15, 0.2) is 6.10 Å². The van der Waals surface area contributed by atoms with Crippen molar-refractivity contribution in [1.82, 2.24) is 0 Å². The average molecular weight is 936 g/mol. The largest absolute Gasteiger partial charge is 0.462 e. The molecule has 0 saturated carbocycles. The molecule has 0 bridgehead atoms. The Labute approximate surface area is 414 Å². The molecule has 0 aromatic heterocycles. The smallest absolute Gasteiger partial charge is 0.306 e. The van der Waals surface area contributed by atoms with Crippen molar-refractivity contribution in [3.05, 3.63) is 72.9 Å². The van der Waals surface area contributed by atoms with Gasteiger partial charge in [0.1, 0.15) is 13.2 Å². The first-order valence-electron chi connectivity index (χ1n) is 28.4. The predicted molar refractivity (Wildman–Crippen MR) is 288 cm³/mol. The van der Waals surface area contributed by atoms with Crippen LogP contribution in [0.5, 0.6) is 0 Å². The Kier molecular flexibility index (Phi) is 52.8. The maximum Gasteiger partial charge on any atom is 0.306 e. The summed E-state index contributed by atoms with van der Waals surface area (Å²) < 4.78 is 16.8. The minimum atomic E-state index is -0.789. The molecule has 1 atom stereocenters. The van der Waals surface area contributed by atoms with E-state index in [1.54, 1.807) is 0 Å². The zero-order valence-corrected chi connectivity index (χ0v) is 44.2. The third kappa shape index (κ3) is 53.7. The van der Waals surface area contributed by atoms with Crippen LogP contribution in [0.4, 0.5) is 0 Å². The molecule has 0 spiro atoms. The molecular weight excluding hydrogens is 829 g/mol. The topological polar surface area (TPSA) is 78.9 Å². The van der Waals surface area contributed by atoms with Crippen LogP contribution >= 0.6 is 0 Å². The van der Waals surface area contributed by atoms with Gasteiger partial charge in [-0.3, -0.25) is 14.4 Å². The van der Waals surface area contributed by atoms with Crippen LogP contribution in [0.2, 0.25) is 0 Å². The minimum Gasteiger partial charge on any atom is -0.462 e. The lowest BCUT2D eigenvalue weighted by atomic mass is 10.1. The van der Waals surface area contributed by atoms with Crippen LogP contribution in [0.25, 0.3) is 0 Å². The Balaban J connectivity index is 4.34. The second-order valence-electron chi connectivity index (χ2n) is 18.8. The van der Waals surface area contributed by atoms with E-state index in [-0.39, 0.29) is 31.1 Å². The fourth-order valence-corrected chi connectivity index (χ4v) is 7.81. The highest BCUT2D eigenvalue weighted by atomic mass is 16.6. The fraction of sp³-hybridized carbons (Fsp3) is 0.754. The lowest BCUT2D eigenvalue weighted by Gasteiger charge is -2.18. The number of carbonyl (C=O) groups excluding carboxylic acids is 3. The summed E-state index contributed by atoms with van der Waals surface area (Å²) in [4.78, 5) is 38.1. The molecule has 67 heavy (non-hydrogen) atoms. The van der Waals surface area contributed by atoms with Crippen LogP contribution in [-0.4, -0.2) is 37.2 Å². The number of hydrogen-bond donors (Lipinski definition) is 0. The number of carbonyl (C=O) groups is 3. The summed E-state index contributed by atoms with van der Waals surface area (Å²) in [5, 5.41) is 0. The third-order valence-electron chi connectivity index (χ3n) is 12.2. The molecule has 0 heterocycles. The van der Waals surface area contributed by atoms with Gasteiger partial charge >= 0.3 is 17.9 Å². The molecule has 0 saturated heterocycles. The van der Waals surface area contributed by atoms with Crippen molar-refractivity contribution in [1.29, 1.82) is 0 Å². The Morgan fingerprint density at radius 1 is 0.299 bits per heavy atom. The summed E-state index contributed by atoms with van der Waals surface area (Å²) in [5.41, 5.74) is 0. The highest BCUT2D eigenvalue weighted by Crippen LogP contribution is 2.14. The van der Waals surface area contributed by atoms with E-state index in [4.69, 9.17) is 14.2 Å². The van der Waals surface area contributed by atoms with Gasteiger partial charge in [0.2, 0.25) is 0 Å². The van der Waals surface area contributed by atoms with Crippen LogP contribution in [0.15, 0.2) is 72.9 Å². The Morgan fingerprint density at radius 3 is 0.925 bits per heavy atom. The van der Waals surface area contributed by atoms with E-state index in [9.17, 15) is 14.4 Å². The summed E-state index contributed by atoms with van der Waals surface area (Å²) in [6.45, 7) is 6.55. The molecule has 0 aromatic rings. The molecule has 0 rings (SSSR count). The lowest BCUT2D eigenvalue weighted by Crippen LogP contribution is -2.30. The molecular formula is C61H106O6. The van der Waals surface area contributed by atoms with Crippen LogP contribution in [0.1, 0.15) is 278 Å². The van der Waals surface area contributed by atoms with E-state index in [1.807, 2.05) is 0 Å². The molecule has 0 amide bonds. The second-order valence-corrected chi connectivity index (χ2v) is 18.8. The second kappa shape index (κ2) is 55.4. The Bertz CT molecular complexity index is 1260. The van der Waals surface area contributed by atoms with Crippen LogP contribution in [-0.2, 0) is 28.6 Å². The van der Waals surface area contributed by atoms with E-state index in [1.165, 1.54) is 128 Å². The van der Waals surface area contributed by atoms with E-state index in [0.717, 1.165) is 109 Å². The van der Waals surface area contributed by atoms with Gasteiger partial charge in [-0.05, 0) is 109 Å². The normalized spacial score (nSPS) is 12.6. The molecule has 6 nitrogen and oxygen atoms in total. The molecule has 0 radical (unpaired) electrons. The number of unbranched alkanes of at least 4 members (excludes halogenated alkanes) is 28. The maximum atomic E-state index is 12.8. The van der Waals surface area contributed by atoms with Crippen molar-refractivity contribution in [3.8, 4) is 0 Å². The van der Waals surface area contributed by atoms with Crippen molar-refractivity contribution in [2.24, 2.45) is 0 Å². The van der Waals surface area contributed by atoms with Crippen molar-refractivity contribution in [2.75, 3.05) is 13.2 Å². The highest BCUT2D eigenvalue weighted by Gasteiger charge is 2.19. The van der Waals surface area contributed by atoms with Crippen molar-refractivity contribution < 1.29 is 28.6 Å². The molecule has 386 valence electrons. The van der Waals surface area contributed by atoms with E-state index in [0.29, 0.717) is 19.3 Å². The summed E-state index contributed by atoms with van der Waals surface area (Å²) in [7, 11) is 0. The zero-order chi connectivity index (χ0) is 48.6. The first-order chi connectivity index (χ1) is 33.0. The number of allylic oxidation sites excluding steroid dienone is 12. The monoisotopic (exact) mass is 935 g/mol. The molecule has 0 aliphatic rings. The van der Waals surface area contributed by atoms with Gasteiger partial charge in [0.05, 0.1) is 0 Å². The molecule has 0 N–H and O–H groups in total. The third-order valence-corrected chi connectivity index (χ3v) is 12.2. The quantitative estimate of drug-likeness (QED) is 0.0262. The first-order valence-corrected chi connectivity index (χ1v) is 28.4. The summed E-state index contributed by atoms with van der Waals surface area (Å²) in [6, 6.07) is 0. The van der Waals surface area contributed by atoms with Gasteiger partial charge in [0, 0.05) is 19.3 Å². The SMILES string of the molecule is CCCC/C=C\C/C=C\CCCCCCCC(=O)OC(COC(=O)CCCCCCC/C=C\CCCCC)COC(=O)CCCCCCCCCC/C=C\C/C=C\C/C=C\CCCCCCC. The maximum absolute atomic E-state index is 12.8. The minimum absolute atomic E-state index is 0.0875. The first kappa shape index (κ1) is 63.8. The molecule has 0 fully saturated rings. The van der Waals surface area contributed by atoms with Crippen LogP contribution in [0.3, 0.4) is 0 Å². The predicted octanol–water partition coefficient (Wildman–Crippen LogP) is 19.0.